The number of aromatic nitrogens is 2. The van der Waals surface area contributed by atoms with Crippen molar-refractivity contribution in [3.63, 3.8) is 0 Å². The number of hydrogen-bond donors (Lipinski definition) is 0. The first-order valence-electron chi connectivity index (χ1n) is 9.67. The van der Waals surface area contributed by atoms with Crippen LogP contribution < -0.4 is 4.90 Å². The summed E-state index contributed by atoms with van der Waals surface area (Å²) < 4.78 is 0. The van der Waals surface area contributed by atoms with Gasteiger partial charge in [-0.25, -0.2) is 9.97 Å². The fourth-order valence-electron chi connectivity index (χ4n) is 3.32. The van der Waals surface area contributed by atoms with Crippen LogP contribution in [0.4, 0.5) is 5.95 Å². The normalized spacial score (nSPS) is 14.1. The predicted molar refractivity (Wildman–Crippen MR) is 108 cm³/mol. The molecule has 7 heteroatoms. The van der Waals surface area contributed by atoms with Crippen LogP contribution in [0.2, 0.25) is 0 Å². The molecule has 3 rings (SSSR count). The standard InChI is InChI=1S/C21H27N5O2/c1-4-24(15-18-8-6-5-7-9-18)21-22-16(2)14-19(23-21)20(28)26-12-10-25(11-13-26)17(3)27/h5-9,14H,4,10-13,15H2,1-3H3. The summed E-state index contributed by atoms with van der Waals surface area (Å²) in [6.07, 6.45) is 0. The van der Waals surface area contributed by atoms with Gasteiger partial charge in [0.1, 0.15) is 5.69 Å². The van der Waals surface area contributed by atoms with Gasteiger partial charge in [0.05, 0.1) is 0 Å². The van der Waals surface area contributed by atoms with Gasteiger partial charge in [-0.05, 0) is 25.5 Å². The van der Waals surface area contributed by atoms with Gasteiger partial charge in [0.25, 0.3) is 5.91 Å². The Kier molecular flexibility index (Phi) is 6.23. The third kappa shape index (κ3) is 4.65. The first kappa shape index (κ1) is 19.8. The van der Waals surface area contributed by atoms with Crippen molar-refractivity contribution in [2.75, 3.05) is 37.6 Å². The highest BCUT2D eigenvalue weighted by atomic mass is 16.2. The molecular formula is C21H27N5O2. The van der Waals surface area contributed by atoms with Crippen molar-refractivity contribution in [3.05, 3.63) is 53.3 Å². The van der Waals surface area contributed by atoms with Gasteiger partial charge < -0.3 is 14.7 Å². The average molecular weight is 381 g/mol. The molecule has 7 nitrogen and oxygen atoms in total. The van der Waals surface area contributed by atoms with Gasteiger partial charge in [-0.3, -0.25) is 9.59 Å². The largest absolute Gasteiger partial charge is 0.339 e. The molecule has 1 saturated heterocycles. The quantitative estimate of drug-likeness (QED) is 0.793. The Hall–Kier alpha value is -2.96. The minimum atomic E-state index is -0.106. The van der Waals surface area contributed by atoms with E-state index in [9.17, 15) is 9.59 Å². The highest BCUT2D eigenvalue weighted by Gasteiger charge is 2.25. The molecule has 1 fully saturated rings. The average Bonchev–Trinajstić information content (AvgIpc) is 2.71. The van der Waals surface area contributed by atoms with Crippen molar-refractivity contribution in [3.8, 4) is 0 Å². The van der Waals surface area contributed by atoms with Crippen molar-refractivity contribution in [1.82, 2.24) is 19.8 Å². The molecule has 2 aromatic rings. The SMILES string of the molecule is CCN(Cc1ccccc1)c1nc(C)cc(C(=O)N2CCN(C(C)=O)CC2)n1. The number of anilines is 1. The van der Waals surface area contributed by atoms with E-state index in [0.29, 0.717) is 44.4 Å². The number of carbonyl (C=O) groups is 2. The number of nitrogens with zero attached hydrogens (tertiary/aromatic N) is 5. The molecule has 0 N–H and O–H groups in total. The van der Waals surface area contributed by atoms with E-state index < -0.39 is 0 Å². The molecule has 2 amide bonds. The van der Waals surface area contributed by atoms with Crippen molar-refractivity contribution in [1.29, 1.82) is 0 Å². The summed E-state index contributed by atoms with van der Waals surface area (Å²) in [5.41, 5.74) is 2.34. The van der Waals surface area contributed by atoms with Crippen LogP contribution in [0, 0.1) is 6.92 Å². The van der Waals surface area contributed by atoms with E-state index in [1.54, 1.807) is 22.8 Å². The highest BCUT2D eigenvalue weighted by Crippen LogP contribution is 2.16. The van der Waals surface area contributed by atoms with E-state index in [1.807, 2.05) is 25.1 Å². The van der Waals surface area contributed by atoms with Crippen LogP contribution in [0.15, 0.2) is 36.4 Å². The molecule has 0 saturated carbocycles. The zero-order valence-electron chi connectivity index (χ0n) is 16.8. The fraction of sp³-hybridized carbons (Fsp3) is 0.429. The number of benzene rings is 1. The van der Waals surface area contributed by atoms with E-state index in [4.69, 9.17) is 0 Å². The Labute approximate surface area is 166 Å². The van der Waals surface area contributed by atoms with Gasteiger partial charge in [-0.1, -0.05) is 30.3 Å². The number of rotatable bonds is 5. The maximum atomic E-state index is 13.0. The van der Waals surface area contributed by atoms with Crippen LogP contribution >= 0.6 is 0 Å². The summed E-state index contributed by atoms with van der Waals surface area (Å²) in [5.74, 6) is 0.509. The second kappa shape index (κ2) is 8.82. The molecule has 1 aliphatic heterocycles. The minimum absolute atomic E-state index is 0.0479. The Bertz CT molecular complexity index is 832. The summed E-state index contributed by atoms with van der Waals surface area (Å²) in [6, 6.07) is 11.9. The summed E-state index contributed by atoms with van der Waals surface area (Å²) in [5, 5.41) is 0. The molecule has 0 spiro atoms. The molecule has 0 bridgehead atoms. The minimum Gasteiger partial charge on any atom is -0.339 e. The monoisotopic (exact) mass is 381 g/mol. The molecule has 0 aliphatic carbocycles. The maximum absolute atomic E-state index is 13.0. The van der Waals surface area contributed by atoms with E-state index in [1.165, 1.54) is 5.56 Å². The Morgan fingerprint density at radius 2 is 1.68 bits per heavy atom. The Morgan fingerprint density at radius 1 is 1.04 bits per heavy atom. The summed E-state index contributed by atoms with van der Waals surface area (Å²) in [6.45, 7) is 9.10. The van der Waals surface area contributed by atoms with E-state index in [-0.39, 0.29) is 11.8 Å². The number of piperazine rings is 1. The van der Waals surface area contributed by atoms with Gasteiger partial charge in [-0.2, -0.15) is 0 Å². The van der Waals surface area contributed by atoms with Gasteiger partial charge in [0.15, 0.2) is 0 Å². The van der Waals surface area contributed by atoms with Crippen molar-refractivity contribution < 1.29 is 9.59 Å². The second-order valence-corrected chi connectivity index (χ2v) is 6.99. The lowest BCUT2D eigenvalue weighted by molar-refractivity contribution is -0.130. The molecular weight excluding hydrogens is 354 g/mol. The molecule has 0 unspecified atom stereocenters. The third-order valence-corrected chi connectivity index (χ3v) is 4.95. The van der Waals surface area contributed by atoms with Gasteiger partial charge >= 0.3 is 0 Å². The molecule has 148 valence electrons. The van der Waals surface area contributed by atoms with Crippen LogP contribution in [0.1, 0.15) is 35.6 Å². The number of amides is 2. The van der Waals surface area contributed by atoms with Crippen molar-refractivity contribution >= 4 is 17.8 Å². The third-order valence-electron chi connectivity index (χ3n) is 4.95. The topological polar surface area (TPSA) is 69.6 Å². The molecule has 1 aromatic carbocycles. The van der Waals surface area contributed by atoms with Crippen LogP contribution in [0.5, 0.6) is 0 Å². The number of carbonyl (C=O) groups excluding carboxylic acids is 2. The Morgan fingerprint density at radius 3 is 2.29 bits per heavy atom. The summed E-state index contributed by atoms with van der Waals surface area (Å²) >= 11 is 0. The van der Waals surface area contributed by atoms with Crippen LogP contribution in [-0.4, -0.2) is 64.3 Å². The lowest BCUT2D eigenvalue weighted by Gasteiger charge is -2.34. The zero-order valence-corrected chi connectivity index (χ0v) is 16.8. The highest BCUT2D eigenvalue weighted by molar-refractivity contribution is 5.93. The number of aryl methyl sites for hydroxylation is 1. The summed E-state index contributed by atoms with van der Waals surface area (Å²) in [4.78, 5) is 39.2. The molecule has 0 radical (unpaired) electrons. The van der Waals surface area contributed by atoms with E-state index in [0.717, 1.165) is 12.2 Å². The van der Waals surface area contributed by atoms with Gasteiger partial charge in [0.2, 0.25) is 11.9 Å². The summed E-state index contributed by atoms with van der Waals surface area (Å²) in [7, 11) is 0. The fourth-order valence-corrected chi connectivity index (χ4v) is 3.32. The molecule has 1 aliphatic rings. The zero-order chi connectivity index (χ0) is 20.1. The predicted octanol–water partition coefficient (Wildman–Crippen LogP) is 2.12. The maximum Gasteiger partial charge on any atom is 0.272 e. The van der Waals surface area contributed by atoms with E-state index in [2.05, 4.69) is 33.9 Å². The molecule has 0 atom stereocenters. The lowest BCUT2D eigenvalue weighted by Crippen LogP contribution is -2.50. The second-order valence-electron chi connectivity index (χ2n) is 6.99. The van der Waals surface area contributed by atoms with Crippen molar-refractivity contribution in [2.24, 2.45) is 0 Å². The van der Waals surface area contributed by atoms with E-state index >= 15 is 0 Å². The van der Waals surface area contributed by atoms with Gasteiger partial charge in [0, 0.05) is 51.9 Å². The smallest absolute Gasteiger partial charge is 0.272 e. The molecule has 1 aromatic heterocycles. The van der Waals surface area contributed by atoms with Gasteiger partial charge in [-0.15, -0.1) is 0 Å². The molecule has 2 heterocycles. The van der Waals surface area contributed by atoms with Crippen LogP contribution in [-0.2, 0) is 11.3 Å². The number of hydrogen-bond acceptors (Lipinski definition) is 5. The first-order chi connectivity index (χ1) is 13.5. The van der Waals surface area contributed by atoms with Crippen molar-refractivity contribution in [2.45, 2.75) is 27.3 Å². The first-order valence-corrected chi connectivity index (χ1v) is 9.67. The Balaban J connectivity index is 1.77. The van der Waals surface area contributed by atoms with Crippen LogP contribution in [0.3, 0.4) is 0 Å². The lowest BCUT2D eigenvalue weighted by atomic mass is 10.2. The molecule has 28 heavy (non-hydrogen) atoms. The van der Waals surface area contributed by atoms with Crippen LogP contribution in [0.25, 0.3) is 0 Å².